The zero-order valence-corrected chi connectivity index (χ0v) is 15.8. The number of aryl methyl sites for hydroxylation is 2. The van der Waals surface area contributed by atoms with Crippen LogP contribution in [0.25, 0.3) is 0 Å². The second-order valence-corrected chi connectivity index (χ2v) is 5.99. The number of allylic oxidation sites excluding steroid dienone is 4. The summed E-state index contributed by atoms with van der Waals surface area (Å²) >= 11 is 6.44. The summed E-state index contributed by atoms with van der Waals surface area (Å²) < 4.78 is 0. The molecule has 1 aromatic rings. The van der Waals surface area contributed by atoms with Gasteiger partial charge in [0.1, 0.15) is 5.17 Å². The molecule has 3 heteroatoms. The minimum atomic E-state index is 0.500. The molecule has 0 aliphatic carbocycles. The van der Waals surface area contributed by atoms with Crippen molar-refractivity contribution in [1.82, 2.24) is 0 Å². The highest BCUT2D eigenvalue weighted by Gasteiger charge is 2.12. The highest BCUT2D eigenvalue weighted by Crippen LogP contribution is 2.23. The molecule has 0 aliphatic heterocycles. The molecule has 0 unspecified atom stereocenters. The van der Waals surface area contributed by atoms with Crippen LogP contribution in [0.5, 0.6) is 0 Å². The molecule has 0 saturated heterocycles. The van der Waals surface area contributed by atoms with Crippen LogP contribution in [0.2, 0.25) is 0 Å². The van der Waals surface area contributed by atoms with Gasteiger partial charge in [-0.25, -0.2) is 4.99 Å². The fourth-order valence-corrected chi connectivity index (χ4v) is 2.60. The molecule has 0 heterocycles. The normalized spacial score (nSPS) is 14.4. The SMILES string of the molecule is C\C=C(C)/N=C(Cl)/C(=C\C)C(CCC)=Nc1ccc(C)cc1C. The Kier molecular flexibility index (Phi) is 7.97. The van der Waals surface area contributed by atoms with Crippen LogP contribution < -0.4 is 0 Å². The first-order valence-electron chi connectivity index (χ1n) is 8.11. The number of nitrogens with zero attached hydrogens (tertiary/aromatic N) is 2. The van der Waals surface area contributed by atoms with Crippen LogP contribution in [0.4, 0.5) is 5.69 Å². The second-order valence-electron chi connectivity index (χ2n) is 5.63. The van der Waals surface area contributed by atoms with E-state index < -0.39 is 0 Å². The zero-order valence-electron chi connectivity index (χ0n) is 15.1. The predicted octanol–water partition coefficient (Wildman–Crippen LogP) is 6.68. The van der Waals surface area contributed by atoms with Gasteiger partial charge in [-0.3, -0.25) is 4.99 Å². The van der Waals surface area contributed by atoms with E-state index in [9.17, 15) is 0 Å². The van der Waals surface area contributed by atoms with Crippen LogP contribution in [0.1, 0.15) is 51.7 Å². The van der Waals surface area contributed by atoms with Gasteiger partial charge in [-0.05, 0) is 52.7 Å². The van der Waals surface area contributed by atoms with E-state index in [0.717, 1.165) is 35.5 Å². The Morgan fingerprint density at radius 3 is 2.39 bits per heavy atom. The summed E-state index contributed by atoms with van der Waals surface area (Å²) in [5.41, 5.74) is 6.21. The van der Waals surface area contributed by atoms with Crippen molar-refractivity contribution >= 4 is 28.2 Å². The first-order valence-corrected chi connectivity index (χ1v) is 8.49. The number of benzene rings is 1. The monoisotopic (exact) mass is 330 g/mol. The minimum absolute atomic E-state index is 0.500. The maximum atomic E-state index is 6.44. The summed E-state index contributed by atoms with van der Waals surface area (Å²) in [6, 6.07) is 6.30. The van der Waals surface area contributed by atoms with Crippen molar-refractivity contribution in [2.45, 2.75) is 54.4 Å². The summed E-state index contributed by atoms with van der Waals surface area (Å²) in [5, 5.41) is 0.500. The van der Waals surface area contributed by atoms with E-state index in [2.05, 4.69) is 44.0 Å². The van der Waals surface area contributed by atoms with Crippen molar-refractivity contribution in [3.63, 3.8) is 0 Å². The van der Waals surface area contributed by atoms with Gasteiger partial charge in [-0.1, -0.05) is 54.8 Å². The summed E-state index contributed by atoms with van der Waals surface area (Å²) in [5.74, 6) is 0. The lowest BCUT2D eigenvalue weighted by molar-refractivity contribution is 0.993. The van der Waals surface area contributed by atoms with E-state index in [1.807, 2.05) is 32.9 Å². The average molecular weight is 331 g/mol. The van der Waals surface area contributed by atoms with E-state index in [0.29, 0.717) is 5.17 Å². The van der Waals surface area contributed by atoms with Crippen molar-refractivity contribution in [1.29, 1.82) is 0 Å². The molecule has 0 bridgehead atoms. The molecule has 0 radical (unpaired) electrons. The van der Waals surface area contributed by atoms with Crippen LogP contribution >= 0.6 is 11.6 Å². The lowest BCUT2D eigenvalue weighted by atomic mass is 10.1. The predicted molar refractivity (Wildman–Crippen MR) is 104 cm³/mol. The number of halogens is 1. The quantitative estimate of drug-likeness (QED) is 0.519. The highest BCUT2D eigenvalue weighted by molar-refractivity contribution is 6.72. The fraction of sp³-hybridized carbons (Fsp3) is 0.400. The Morgan fingerprint density at radius 2 is 1.87 bits per heavy atom. The van der Waals surface area contributed by atoms with Crippen LogP contribution in [0, 0.1) is 13.8 Å². The van der Waals surface area contributed by atoms with Crippen molar-refractivity contribution < 1.29 is 0 Å². The first kappa shape index (κ1) is 19.4. The Bertz CT molecular complexity index is 664. The number of rotatable bonds is 6. The summed E-state index contributed by atoms with van der Waals surface area (Å²) in [6.45, 7) is 12.2. The van der Waals surface area contributed by atoms with E-state index in [1.54, 1.807) is 0 Å². The Balaban J connectivity index is 3.32. The van der Waals surface area contributed by atoms with Crippen LogP contribution in [-0.2, 0) is 0 Å². The summed E-state index contributed by atoms with van der Waals surface area (Å²) in [4.78, 5) is 9.32. The van der Waals surface area contributed by atoms with Gasteiger partial charge in [0, 0.05) is 11.3 Å². The van der Waals surface area contributed by atoms with E-state index in [4.69, 9.17) is 16.6 Å². The second kappa shape index (κ2) is 9.46. The van der Waals surface area contributed by atoms with Gasteiger partial charge in [0.25, 0.3) is 0 Å². The molecule has 23 heavy (non-hydrogen) atoms. The molecule has 0 aliphatic rings. The largest absolute Gasteiger partial charge is 0.252 e. The fourth-order valence-electron chi connectivity index (χ4n) is 2.25. The standard InChI is InChI=1S/C20H27ClN2/c1-7-10-19(17(9-3)20(21)22-16(6)8-2)23-18-12-11-14(4)13-15(18)5/h8-9,11-13H,7,10H2,1-6H3/b16-8-,17-9-,22-20-,23-19?. The molecule has 1 aromatic carbocycles. The molecule has 0 aromatic heterocycles. The Morgan fingerprint density at radius 1 is 1.17 bits per heavy atom. The summed E-state index contributed by atoms with van der Waals surface area (Å²) in [6.07, 6.45) is 5.81. The first-order chi connectivity index (χ1) is 10.9. The maximum Gasteiger partial charge on any atom is 0.138 e. The maximum absolute atomic E-state index is 6.44. The Hall–Kier alpha value is -1.67. The number of hydrogen-bond acceptors (Lipinski definition) is 2. The lowest BCUT2D eigenvalue weighted by Crippen LogP contribution is -2.09. The lowest BCUT2D eigenvalue weighted by Gasteiger charge is -2.11. The van der Waals surface area contributed by atoms with Gasteiger partial charge in [0.15, 0.2) is 0 Å². The molecule has 0 atom stereocenters. The van der Waals surface area contributed by atoms with Gasteiger partial charge in [-0.15, -0.1) is 0 Å². The van der Waals surface area contributed by atoms with E-state index >= 15 is 0 Å². The smallest absolute Gasteiger partial charge is 0.138 e. The topological polar surface area (TPSA) is 24.7 Å². The molecule has 0 saturated carbocycles. The minimum Gasteiger partial charge on any atom is -0.252 e. The molecule has 1 rings (SSSR count). The van der Waals surface area contributed by atoms with Gasteiger partial charge in [0.05, 0.1) is 11.4 Å². The Labute approximate surface area is 145 Å². The van der Waals surface area contributed by atoms with Crippen molar-refractivity contribution in [3.05, 3.63) is 52.7 Å². The zero-order chi connectivity index (χ0) is 17.4. The van der Waals surface area contributed by atoms with Crippen molar-refractivity contribution in [2.24, 2.45) is 9.98 Å². The van der Waals surface area contributed by atoms with Crippen LogP contribution in [-0.4, -0.2) is 10.9 Å². The number of aliphatic imine (C=N–C) groups is 2. The molecular weight excluding hydrogens is 304 g/mol. The van der Waals surface area contributed by atoms with Crippen LogP contribution in [0.15, 0.2) is 51.6 Å². The molecular formula is C20H27ClN2. The van der Waals surface area contributed by atoms with Crippen molar-refractivity contribution in [2.75, 3.05) is 0 Å². The van der Waals surface area contributed by atoms with Crippen molar-refractivity contribution in [3.8, 4) is 0 Å². The third-order valence-corrected chi connectivity index (χ3v) is 3.90. The van der Waals surface area contributed by atoms with Gasteiger partial charge in [-0.2, -0.15) is 0 Å². The third-order valence-electron chi connectivity index (χ3n) is 3.61. The molecule has 124 valence electrons. The molecule has 2 nitrogen and oxygen atoms in total. The van der Waals surface area contributed by atoms with Gasteiger partial charge in [0.2, 0.25) is 0 Å². The molecule has 0 amide bonds. The molecule has 0 spiro atoms. The summed E-state index contributed by atoms with van der Waals surface area (Å²) in [7, 11) is 0. The molecule has 0 fully saturated rings. The van der Waals surface area contributed by atoms with Crippen LogP contribution in [0.3, 0.4) is 0 Å². The molecule has 0 N–H and O–H groups in total. The van der Waals surface area contributed by atoms with E-state index in [1.165, 1.54) is 11.1 Å². The highest BCUT2D eigenvalue weighted by atomic mass is 35.5. The third kappa shape index (κ3) is 5.80. The van der Waals surface area contributed by atoms with Gasteiger partial charge < -0.3 is 0 Å². The van der Waals surface area contributed by atoms with E-state index in [-0.39, 0.29) is 0 Å². The average Bonchev–Trinajstić information content (AvgIpc) is 2.50. The van der Waals surface area contributed by atoms with Gasteiger partial charge >= 0.3 is 0 Å². The number of hydrogen-bond donors (Lipinski definition) is 0.